The van der Waals surface area contributed by atoms with E-state index in [9.17, 15) is 4.79 Å². The summed E-state index contributed by atoms with van der Waals surface area (Å²) in [5.41, 5.74) is 2.84. The van der Waals surface area contributed by atoms with Crippen molar-refractivity contribution in [3.05, 3.63) is 54.5 Å². The van der Waals surface area contributed by atoms with Crippen LogP contribution in [-0.4, -0.2) is 26.5 Å². The maximum Gasteiger partial charge on any atom is 0.275 e. The summed E-state index contributed by atoms with van der Waals surface area (Å²) in [4.78, 5) is 21.2. The summed E-state index contributed by atoms with van der Waals surface area (Å²) in [6, 6.07) is 11.4. The first kappa shape index (κ1) is 14.2. The van der Waals surface area contributed by atoms with Crippen LogP contribution in [0.3, 0.4) is 0 Å². The summed E-state index contributed by atoms with van der Waals surface area (Å²) in [7, 11) is 0. The highest BCUT2D eigenvalue weighted by molar-refractivity contribution is 8.00. The molecule has 1 aromatic carbocycles. The van der Waals surface area contributed by atoms with Gasteiger partial charge >= 0.3 is 0 Å². The lowest BCUT2D eigenvalue weighted by Gasteiger charge is -2.02. The molecule has 0 radical (unpaired) electrons. The van der Waals surface area contributed by atoms with Crippen LogP contribution in [0.25, 0.3) is 15.9 Å². The van der Waals surface area contributed by atoms with Gasteiger partial charge in [-0.3, -0.25) is 4.79 Å². The summed E-state index contributed by atoms with van der Waals surface area (Å²) < 4.78 is 3.90. The van der Waals surface area contributed by atoms with Crippen molar-refractivity contribution in [2.75, 3.05) is 11.6 Å². The van der Waals surface area contributed by atoms with Crippen LogP contribution in [0.1, 0.15) is 10.5 Å². The van der Waals surface area contributed by atoms with E-state index in [2.05, 4.69) is 15.3 Å². The number of aromatic nitrogens is 3. The number of nitrogens with zero attached hydrogens (tertiary/aromatic N) is 3. The number of amides is 1. The first-order valence-electron chi connectivity index (χ1n) is 6.92. The third kappa shape index (κ3) is 2.69. The van der Waals surface area contributed by atoms with E-state index in [1.54, 1.807) is 29.3 Å². The Bertz CT molecular complexity index is 988. The van der Waals surface area contributed by atoms with Crippen molar-refractivity contribution in [2.24, 2.45) is 0 Å². The number of fused-ring (bicyclic) bond motifs is 2. The van der Waals surface area contributed by atoms with Crippen molar-refractivity contribution in [3.8, 4) is 0 Å². The first-order valence-corrected chi connectivity index (χ1v) is 8.97. The number of thiazole rings is 1. The fraction of sp³-hybridized carbons (Fsp3) is 0.0625. The molecule has 4 aromatic rings. The zero-order valence-electron chi connectivity index (χ0n) is 12.2. The molecule has 23 heavy (non-hydrogen) atoms. The van der Waals surface area contributed by atoms with E-state index in [1.165, 1.54) is 0 Å². The second-order valence-electron chi connectivity index (χ2n) is 4.91. The maximum absolute atomic E-state index is 12.4. The van der Waals surface area contributed by atoms with Crippen LogP contribution in [0.4, 0.5) is 5.69 Å². The van der Waals surface area contributed by atoms with Crippen LogP contribution in [0.5, 0.6) is 0 Å². The Labute approximate surface area is 140 Å². The molecule has 4 rings (SSSR count). The van der Waals surface area contributed by atoms with Crippen LogP contribution in [0.15, 0.2) is 53.1 Å². The highest BCUT2D eigenvalue weighted by Crippen LogP contribution is 2.30. The monoisotopic (exact) mass is 340 g/mol. The van der Waals surface area contributed by atoms with Gasteiger partial charge in [0.05, 0.1) is 10.2 Å². The van der Waals surface area contributed by atoms with E-state index in [4.69, 9.17) is 0 Å². The molecular formula is C16H12N4OS2. The quantitative estimate of drug-likeness (QED) is 0.574. The van der Waals surface area contributed by atoms with Crippen molar-refractivity contribution in [3.63, 3.8) is 0 Å². The van der Waals surface area contributed by atoms with Gasteiger partial charge in [0, 0.05) is 18.1 Å². The fourth-order valence-corrected chi connectivity index (χ4v) is 3.84. The molecule has 0 saturated carbocycles. The standard InChI is InChI=1S/C16H12N4OS2/c1-22-16-19-11-6-5-10(8-13(11)23-16)17-15(21)12-9-20-7-3-2-4-14(20)18-12/h2-9H,1H3,(H,17,21). The highest BCUT2D eigenvalue weighted by atomic mass is 32.2. The Morgan fingerprint density at radius 1 is 1.26 bits per heavy atom. The van der Waals surface area contributed by atoms with Crippen LogP contribution >= 0.6 is 23.1 Å². The number of hydrogen-bond acceptors (Lipinski definition) is 5. The molecule has 0 saturated heterocycles. The third-order valence-corrected chi connectivity index (χ3v) is 5.40. The Balaban J connectivity index is 1.62. The summed E-state index contributed by atoms with van der Waals surface area (Å²) in [5, 5.41) is 2.90. The van der Waals surface area contributed by atoms with E-state index >= 15 is 0 Å². The molecule has 1 amide bonds. The molecule has 0 unspecified atom stereocenters. The summed E-state index contributed by atoms with van der Waals surface area (Å²) >= 11 is 3.24. The number of anilines is 1. The summed E-state index contributed by atoms with van der Waals surface area (Å²) in [5.74, 6) is -0.220. The Hall–Kier alpha value is -2.38. The number of thioether (sulfide) groups is 1. The van der Waals surface area contributed by atoms with Gasteiger partial charge in [-0.2, -0.15) is 0 Å². The molecule has 5 nitrogen and oxygen atoms in total. The highest BCUT2D eigenvalue weighted by Gasteiger charge is 2.12. The van der Waals surface area contributed by atoms with Gasteiger partial charge in [0.1, 0.15) is 11.3 Å². The summed E-state index contributed by atoms with van der Waals surface area (Å²) in [6.07, 6.45) is 5.60. The molecule has 3 heterocycles. The number of rotatable bonds is 3. The van der Waals surface area contributed by atoms with Crippen LogP contribution < -0.4 is 5.32 Å². The molecule has 1 N–H and O–H groups in total. The van der Waals surface area contributed by atoms with Gasteiger partial charge < -0.3 is 9.72 Å². The lowest BCUT2D eigenvalue weighted by atomic mass is 10.3. The molecule has 0 aliphatic heterocycles. The molecule has 7 heteroatoms. The number of hydrogen-bond donors (Lipinski definition) is 1. The van der Waals surface area contributed by atoms with Gasteiger partial charge in [-0.25, -0.2) is 9.97 Å². The van der Waals surface area contributed by atoms with E-state index in [1.807, 2.05) is 53.3 Å². The van der Waals surface area contributed by atoms with Crippen LogP contribution in [-0.2, 0) is 0 Å². The minimum absolute atomic E-state index is 0.220. The summed E-state index contributed by atoms with van der Waals surface area (Å²) in [6.45, 7) is 0. The average Bonchev–Trinajstić information content (AvgIpc) is 3.17. The molecule has 114 valence electrons. The molecule has 0 aliphatic carbocycles. The van der Waals surface area contributed by atoms with Crippen molar-refractivity contribution in [1.82, 2.24) is 14.4 Å². The van der Waals surface area contributed by atoms with Crippen molar-refractivity contribution in [2.45, 2.75) is 4.34 Å². The van der Waals surface area contributed by atoms with E-state index in [0.29, 0.717) is 5.69 Å². The van der Waals surface area contributed by atoms with Crippen LogP contribution in [0, 0.1) is 0 Å². The molecule has 0 aliphatic rings. The number of carbonyl (C=O) groups excluding carboxylic acids is 1. The number of benzene rings is 1. The second kappa shape index (κ2) is 5.68. The molecule has 3 aromatic heterocycles. The SMILES string of the molecule is CSc1nc2ccc(NC(=O)c3cn4ccccc4n3)cc2s1. The van der Waals surface area contributed by atoms with Crippen molar-refractivity contribution >= 4 is 50.6 Å². The van der Waals surface area contributed by atoms with Crippen LogP contribution in [0.2, 0.25) is 0 Å². The van der Waals surface area contributed by atoms with Gasteiger partial charge in [0.2, 0.25) is 0 Å². The topological polar surface area (TPSA) is 59.3 Å². The van der Waals surface area contributed by atoms with Gasteiger partial charge in [0.25, 0.3) is 5.91 Å². The number of nitrogens with one attached hydrogen (secondary N) is 1. The lowest BCUT2D eigenvalue weighted by Crippen LogP contribution is -2.12. The number of pyridine rings is 1. The fourth-order valence-electron chi connectivity index (χ4n) is 2.31. The molecule has 0 fully saturated rings. The lowest BCUT2D eigenvalue weighted by molar-refractivity contribution is 0.102. The molecule has 0 bridgehead atoms. The second-order valence-corrected chi connectivity index (χ2v) is 7.00. The maximum atomic E-state index is 12.4. The first-order chi connectivity index (χ1) is 11.2. The normalized spacial score (nSPS) is 11.2. The molecule has 0 atom stereocenters. The minimum atomic E-state index is -0.220. The average molecular weight is 340 g/mol. The van der Waals surface area contributed by atoms with Gasteiger partial charge in [0.15, 0.2) is 4.34 Å². The largest absolute Gasteiger partial charge is 0.321 e. The molecule has 0 spiro atoms. The van der Waals surface area contributed by atoms with E-state index < -0.39 is 0 Å². The zero-order chi connectivity index (χ0) is 15.8. The van der Waals surface area contributed by atoms with Crippen molar-refractivity contribution < 1.29 is 4.79 Å². The van der Waals surface area contributed by atoms with E-state index in [0.717, 1.165) is 25.9 Å². The minimum Gasteiger partial charge on any atom is -0.321 e. The number of carbonyl (C=O) groups is 1. The zero-order valence-corrected chi connectivity index (χ0v) is 13.8. The van der Waals surface area contributed by atoms with Gasteiger partial charge in [-0.05, 0) is 36.6 Å². The third-order valence-electron chi connectivity index (χ3n) is 3.40. The smallest absolute Gasteiger partial charge is 0.275 e. The number of imidazole rings is 1. The molecular weight excluding hydrogens is 328 g/mol. The predicted molar refractivity (Wildman–Crippen MR) is 94.5 cm³/mol. The van der Waals surface area contributed by atoms with Crippen molar-refractivity contribution in [1.29, 1.82) is 0 Å². The van der Waals surface area contributed by atoms with E-state index in [-0.39, 0.29) is 5.91 Å². The van der Waals surface area contributed by atoms with Gasteiger partial charge in [-0.1, -0.05) is 17.8 Å². The van der Waals surface area contributed by atoms with Gasteiger partial charge in [-0.15, -0.1) is 11.3 Å². The predicted octanol–water partition coefficient (Wildman–Crippen LogP) is 3.92. The Kier molecular flexibility index (Phi) is 3.51. The Morgan fingerprint density at radius 2 is 2.17 bits per heavy atom. The Morgan fingerprint density at radius 3 is 3.00 bits per heavy atom.